The lowest BCUT2D eigenvalue weighted by Crippen LogP contribution is -1.90. The van der Waals surface area contributed by atoms with Gasteiger partial charge in [-0.15, -0.1) is 0 Å². The number of fused-ring (bicyclic) bond motifs is 3. The third-order valence-corrected chi connectivity index (χ3v) is 4.45. The van der Waals surface area contributed by atoms with Crippen molar-refractivity contribution in [2.45, 2.75) is 0 Å². The average Bonchev–Trinajstić information content (AvgIpc) is 3.06. The molecule has 0 aliphatic heterocycles. The zero-order chi connectivity index (χ0) is 16.6. The molecule has 25 heavy (non-hydrogen) atoms. The van der Waals surface area contributed by atoms with Crippen LogP contribution in [0.15, 0.2) is 84.9 Å². The lowest BCUT2D eigenvalue weighted by atomic mass is 10.1. The van der Waals surface area contributed by atoms with Crippen molar-refractivity contribution in [2.24, 2.45) is 0 Å². The van der Waals surface area contributed by atoms with Crippen molar-refractivity contribution < 1.29 is 0 Å². The first-order chi connectivity index (χ1) is 12.4. The molecule has 0 atom stereocenters. The van der Waals surface area contributed by atoms with Crippen LogP contribution in [0.2, 0.25) is 0 Å². The van der Waals surface area contributed by atoms with E-state index in [9.17, 15) is 0 Å². The molecule has 5 rings (SSSR count). The zero-order valence-electron chi connectivity index (χ0n) is 13.5. The standard InChI is InChI=1S/C22H15N3/c1-2-7-15(8-3-1)18-11-6-12-20(23-18)21-14-13-17-16-9-4-5-10-19(16)24-22(17)25-21/h1-14H,(H,24,25). The van der Waals surface area contributed by atoms with E-state index in [2.05, 4.69) is 41.4 Å². The summed E-state index contributed by atoms with van der Waals surface area (Å²) in [5.74, 6) is 0. The molecular weight excluding hydrogens is 306 g/mol. The fraction of sp³-hybridized carbons (Fsp3) is 0. The highest BCUT2D eigenvalue weighted by atomic mass is 14.9. The number of nitrogens with one attached hydrogen (secondary N) is 1. The number of rotatable bonds is 2. The molecule has 0 saturated carbocycles. The van der Waals surface area contributed by atoms with Gasteiger partial charge in [-0.05, 0) is 30.3 Å². The summed E-state index contributed by atoms with van der Waals surface area (Å²) in [6.45, 7) is 0. The number of hydrogen-bond donors (Lipinski definition) is 1. The van der Waals surface area contributed by atoms with Crippen molar-refractivity contribution >= 4 is 21.9 Å². The maximum atomic E-state index is 4.80. The predicted octanol–water partition coefficient (Wildman–Crippen LogP) is 5.45. The molecule has 3 heterocycles. The van der Waals surface area contributed by atoms with Gasteiger partial charge in [-0.3, -0.25) is 0 Å². The maximum absolute atomic E-state index is 4.80. The third kappa shape index (κ3) is 2.37. The summed E-state index contributed by atoms with van der Waals surface area (Å²) in [4.78, 5) is 13.0. The third-order valence-electron chi connectivity index (χ3n) is 4.45. The van der Waals surface area contributed by atoms with E-state index in [1.807, 2.05) is 48.5 Å². The first kappa shape index (κ1) is 13.9. The molecule has 0 aliphatic rings. The smallest absolute Gasteiger partial charge is 0.139 e. The van der Waals surface area contributed by atoms with Gasteiger partial charge in [0.2, 0.25) is 0 Å². The normalized spacial score (nSPS) is 11.2. The second-order valence-corrected chi connectivity index (χ2v) is 6.04. The van der Waals surface area contributed by atoms with Crippen molar-refractivity contribution in [2.75, 3.05) is 0 Å². The van der Waals surface area contributed by atoms with Crippen LogP contribution in [-0.4, -0.2) is 15.0 Å². The minimum atomic E-state index is 0.872. The summed E-state index contributed by atoms with van der Waals surface area (Å²) in [6, 6.07) is 28.7. The number of hydrogen-bond acceptors (Lipinski definition) is 2. The van der Waals surface area contributed by atoms with E-state index in [0.29, 0.717) is 0 Å². The Morgan fingerprint density at radius 1 is 0.520 bits per heavy atom. The Hall–Kier alpha value is -3.46. The van der Waals surface area contributed by atoms with Crippen LogP contribution in [0, 0.1) is 0 Å². The highest BCUT2D eigenvalue weighted by Gasteiger charge is 2.08. The lowest BCUT2D eigenvalue weighted by molar-refractivity contribution is 1.26. The van der Waals surface area contributed by atoms with Gasteiger partial charge in [0.1, 0.15) is 5.65 Å². The molecule has 0 spiro atoms. The van der Waals surface area contributed by atoms with Gasteiger partial charge in [0.25, 0.3) is 0 Å². The number of aromatic amines is 1. The van der Waals surface area contributed by atoms with E-state index in [1.165, 1.54) is 5.39 Å². The van der Waals surface area contributed by atoms with Gasteiger partial charge in [0, 0.05) is 21.9 Å². The first-order valence-electron chi connectivity index (χ1n) is 8.29. The predicted molar refractivity (Wildman–Crippen MR) is 102 cm³/mol. The van der Waals surface area contributed by atoms with Crippen LogP contribution in [0.3, 0.4) is 0 Å². The first-order valence-corrected chi connectivity index (χ1v) is 8.29. The van der Waals surface area contributed by atoms with Crippen LogP contribution in [0.1, 0.15) is 0 Å². The van der Waals surface area contributed by atoms with Gasteiger partial charge < -0.3 is 4.98 Å². The molecule has 5 aromatic rings. The topological polar surface area (TPSA) is 41.6 Å². The fourth-order valence-corrected chi connectivity index (χ4v) is 3.22. The molecule has 0 radical (unpaired) electrons. The molecule has 0 aliphatic carbocycles. The lowest BCUT2D eigenvalue weighted by Gasteiger charge is -2.04. The van der Waals surface area contributed by atoms with E-state index < -0.39 is 0 Å². The molecule has 2 aromatic carbocycles. The van der Waals surface area contributed by atoms with Crippen molar-refractivity contribution in [3.8, 4) is 22.6 Å². The average molecular weight is 321 g/mol. The molecule has 0 unspecified atom stereocenters. The van der Waals surface area contributed by atoms with Gasteiger partial charge in [-0.1, -0.05) is 54.6 Å². The van der Waals surface area contributed by atoms with E-state index in [1.54, 1.807) is 0 Å². The Morgan fingerprint density at radius 2 is 1.28 bits per heavy atom. The monoisotopic (exact) mass is 321 g/mol. The van der Waals surface area contributed by atoms with Gasteiger partial charge in [-0.25, -0.2) is 9.97 Å². The molecule has 0 amide bonds. The van der Waals surface area contributed by atoms with Gasteiger partial charge in [0.05, 0.1) is 17.1 Å². The summed E-state index contributed by atoms with van der Waals surface area (Å²) < 4.78 is 0. The molecular formula is C22H15N3. The second-order valence-electron chi connectivity index (χ2n) is 6.04. The molecule has 0 saturated heterocycles. The highest BCUT2D eigenvalue weighted by Crippen LogP contribution is 2.27. The molecule has 3 heteroatoms. The van der Waals surface area contributed by atoms with Gasteiger partial charge >= 0.3 is 0 Å². The van der Waals surface area contributed by atoms with Crippen LogP contribution in [0.25, 0.3) is 44.6 Å². The maximum Gasteiger partial charge on any atom is 0.139 e. The molecule has 0 fully saturated rings. The zero-order valence-corrected chi connectivity index (χ0v) is 13.5. The Kier molecular flexibility index (Phi) is 3.10. The summed E-state index contributed by atoms with van der Waals surface area (Å²) >= 11 is 0. The molecule has 0 bridgehead atoms. The SMILES string of the molecule is c1ccc(-c2cccc(-c3ccc4c(n3)[nH]c3ccccc34)n2)cc1. The summed E-state index contributed by atoms with van der Waals surface area (Å²) in [7, 11) is 0. The Bertz CT molecular complexity index is 1190. The number of pyridine rings is 2. The Morgan fingerprint density at radius 3 is 2.20 bits per heavy atom. The van der Waals surface area contributed by atoms with Crippen molar-refractivity contribution in [3.63, 3.8) is 0 Å². The molecule has 3 nitrogen and oxygen atoms in total. The largest absolute Gasteiger partial charge is 0.339 e. The van der Waals surface area contributed by atoms with E-state index >= 15 is 0 Å². The van der Waals surface area contributed by atoms with Crippen LogP contribution in [-0.2, 0) is 0 Å². The minimum Gasteiger partial charge on any atom is -0.339 e. The summed E-state index contributed by atoms with van der Waals surface area (Å²) in [6.07, 6.45) is 0. The minimum absolute atomic E-state index is 0.872. The number of nitrogens with zero attached hydrogens (tertiary/aromatic N) is 2. The van der Waals surface area contributed by atoms with Gasteiger partial charge in [0.15, 0.2) is 0 Å². The summed E-state index contributed by atoms with van der Waals surface area (Å²) in [5, 5.41) is 2.33. The number of H-pyrrole nitrogens is 1. The molecule has 1 N–H and O–H groups in total. The van der Waals surface area contributed by atoms with E-state index in [4.69, 9.17) is 9.97 Å². The highest BCUT2D eigenvalue weighted by molar-refractivity contribution is 6.06. The van der Waals surface area contributed by atoms with Crippen molar-refractivity contribution in [3.05, 3.63) is 84.9 Å². The Labute approximate surface area is 145 Å². The van der Waals surface area contributed by atoms with Crippen LogP contribution < -0.4 is 0 Å². The number of aromatic nitrogens is 3. The van der Waals surface area contributed by atoms with Crippen LogP contribution in [0.5, 0.6) is 0 Å². The van der Waals surface area contributed by atoms with Gasteiger partial charge in [-0.2, -0.15) is 0 Å². The van der Waals surface area contributed by atoms with Crippen molar-refractivity contribution in [1.82, 2.24) is 15.0 Å². The van der Waals surface area contributed by atoms with Crippen LogP contribution in [0.4, 0.5) is 0 Å². The Balaban J connectivity index is 1.64. The van der Waals surface area contributed by atoms with Crippen LogP contribution >= 0.6 is 0 Å². The molecule has 118 valence electrons. The summed E-state index contributed by atoms with van der Waals surface area (Å²) in [5.41, 5.74) is 5.81. The van der Waals surface area contributed by atoms with Crippen molar-refractivity contribution in [1.29, 1.82) is 0 Å². The van der Waals surface area contributed by atoms with E-state index in [-0.39, 0.29) is 0 Å². The quantitative estimate of drug-likeness (QED) is 0.470. The second kappa shape index (κ2) is 5.56. The fourth-order valence-electron chi connectivity index (χ4n) is 3.22. The molecule has 3 aromatic heterocycles. The number of benzene rings is 2. The number of para-hydroxylation sites is 1. The van der Waals surface area contributed by atoms with E-state index in [0.717, 1.165) is 39.2 Å².